The van der Waals surface area contributed by atoms with Gasteiger partial charge in [0.25, 0.3) is 0 Å². The third kappa shape index (κ3) is 5.06. The SMILES string of the molecule is CCOc1ccc(CC(=O)N2CCN(CC(O)c3cccs3)CC2)cc1. The van der Waals surface area contributed by atoms with Crippen LogP contribution in [-0.2, 0) is 11.2 Å². The summed E-state index contributed by atoms with van der Waals surface area (Å²) in [5.74, 6) is 0.995. The summed E-state index contributed by atoms with van der Waals surface area (Å²) in [5, 5.41) is 12.3. The molecule has 1 fully saturated rings. The van der Waals surface area contributed by atoms with E-state index in [9.17, 15) is 9.90 Å². The molecule has 1 amide bonds. The zero-order valence-corrected chi connectivity index (χ0v) is 16.0. The van der Waals surface area contributed by atoms with Gasteiger partial charge in [-0.1, -0.05) is 18.2 Å². The molecule has 2 aromatic rings. The highest BCUT2D eigenvalue weighted by Crippen LogP contribution is 2.20. The minimum absolute atomic E-state index is 0.160. The van der Waals surface area contributed by atoms with Crippen LogP contribution in [0.1, 0.15) is 23.5 Å². The van der Waals surface area contributed by atoms with Gasteiger partial charge in [0.1, 0.15) is 11.9 Å². The second-order valence-corrected chi connectivity index (χ2v) is 7.45. The van der Waals surface area contributed by atoms with Crippen LogP contribution >= 0.6 is 11.3 Å². The number of aliphatic hydroxyl groups excluding tert-OH is 1. The van der Waals surface area contributed by atoms with Gasteiger partial charge in [0.2, 0.25) is 5.91 Å². The van der Waals surface area contributed by atoms with Crippen molar-refractivity contribution in [1.82, 2.24) is 9.80 Å². The van der Waals surface area contributed by atoms with E-state index in [1.54, 1.807) is 11.3 Å². The molecule has 0 aliphatic carbocycles. The van der Waals surface area contributed by atoms with Gasteiger partial charge in [0.05, 0.1) is 13.0 Å². The van der Waals surface area contributed by atoms with Crippen LogP contribution in [0.15, 0.2) is 41.8 Å². The zero-order chi connectivity index (χ0) is 18.4. The molecule has 3 rings (SSSR count). The predicted octanol–water partition coefficient (Wildman–Crippen LogP) is 2.57. The molecule has 1 atom stereocenters. The van der Waals surface area contributed by atoms with E-state index in [2.05, 4.69) is 4.90 Å². The summed E-state index contributed by atoms with van der Waals surface area (Å²) in [6, 6.07) is 11.7. The Morgan fingerprint density at radius 3 is 2.54 bits per heavy atom. The minimum Gasteiger partial charge on any atom is -0.494 e. The van der Waals surface area contributed by atoms with Crippen LogP contribution in [0.4, 0.5) is 0 Å². The Labute approximate surface area is 158 Å². The fraction of sp³-hybridized carbons (Fsp3) is 0.450. The Kier molecular flexibility index (Phi) is 6.66. The van der Waals surface area contributed by atoms with E-state index in [4.69, 9.17) is 4.74 Å². The largest absolute Gasteiger partial charge is 0.494 e. The lowest BCUT2D eigenvalue weighted by Gasteiger charge is -2.35. The summed E-state index contributed by atoms with van der Waals surface area (Å²) in [5.41, 5.74) is 1.01. The van der Waals surface area contributed by atoms with E-state index in [0.29, 0.717) is 32.7 Å². The molecule has 1 aliphatic rings. The number of ether oxygens (including phenoxy) is 1. The second-order valence-electron chi connectivity index (χ2n) is 6.47. The monoisotopic (exact) mass is 374 g/mol. The van der Waals surface area contributed by atoms with E-state index in [-0.39, 0.29) is 5.91 Å². The fourth-order valence-electron chi connectivity index (χ4n) is 3.15. The third-order valence-corrected chi connectivity index (χ3v) is 5.59. The van der Waals surface area contributed by atoms with Gasteiger partial charge in [-0.2, -0.15) is 0 Å². The lowest BCUT2D eigenvalue weighted by molar-refractivity contribution is -0.132. The molecule has 0 saturated carbocycles. The maximum Gasteiger partial charge on any atom is 0.227 e. The maximum absolute atomic E-state index is 12.5. The average molecular weight is 375 g/mol. The lowest BCUT2D eigenvalue weighted by Crippen LogP contribution is -2.49. The maximum atomic E-state index is 12.5. The molecule has 6 heteroatoms. The predicted molar refractivity (Wildman–Crippen MR) is 104 cm³/mol. The summed E-state index contributed by atoms with van der Waals surface area (Å²) < 4.78 is 5.43. The van der Waals surface area contributed by atoms with E-state index >= 15 is 0 Å². The molecular weight excluding hydrogens is 348 g/mol. The summed E-state index contributed by atoms with van der Waals surface area (Å²) in [6.45, 7) is 6.26. The first-order chi connectivity index (χ1) is 12.7. The van der Waals surface area contributed by atoms with Crippen molar-refractivity contribution in [3.63, 3.8) is 0 Å². The van der Waals surface area contributed by atoms with Crippen molar-refractivity contribution in [2.75, 3.05) is 39.3 Å². The van der Waals surface area contributed by atoms with Crippen LogP contribution in [0, 0.1) is 0 Å². The number of nitrogens with zero attached hydrogens (tertiary/aromatic N) is 2. The number of benzene rings is 1. The van der Waals surface area contributed by atoms with Crippen molar-refractivity contribution in [2.45, 2.75) is 19.4 Å². The summed E-state index contributed by atoms with van der Waals surface area (Å²) in [4.78, 5) is 17.7. The Morgan fingerprint density at radius 2 is 1.92 bits per heavy atom. The highest BCUT2D eigenvalue weighted by Gasteiger charge is 2.23. The molecule has 1 aromatic carbocycles. The number of piperazine rings is 1. The summed E-state index contributed by atoms with van der Waals surface area (Å²) in [6.07, 6.45) is -0.0226. The van der Waals surface area contributed by atoms with E-state index in [0.717, 1.165) is 29.3 Å². The van der Waals surface area contributed by atoms with Gasteiger partial charge in [-0.3, -0.25) is 9.69 Å². The smallest absolute Gasteiger partial charge is 0.227 e. The Morgan fingerprint density at radius 1 is 1.19 bits per heavy atom. The Bertz CT molecular complexity index is 680. The van der Waals surface area contributed by atoms with Gasteiger partial charge >= 0.3 is 0 Å². The van der Waals surface area contributed by atoms with Gasteiger partial charge in [-0.25, -0.2) is 0 Å². The number of amides is 1. The fourth-order valence-corrected chi connectivity index (χ4v) is 3.85. The molecule has 1 N–H and O–H groups in total. The summed E-state index contributed by atoms with van der Waals surface area (Å²) in [7, 11) is 0. The third-order valence-electron chi connectivity index (χ3n) is 4.62. The normalized spacial score (nSPS) is 16.5. The number of aliphatic hydroxyl groups is 1. The zero-order valence-electron chi connectivity index (χ0n) is 15.1. The van der Waals surface area contributed by atoms with Crippen LogP contribution in [0.5, 0.6) is 5.75 Å². The van der Waals surface area contributed by atoms with Gasteiger partial charge in [0, 0.05) is 37.6 Å². The topological polar surface area (TPSA) is 53.0 Å². The van der Waals surface area contributed by atoms with Crippen molar-refractivity contribution in [3.8, 4) is 5.75 Å². The minimum atomic E-state index is -0.443. The molecule has 5 nitrogen and oxygen atoms in total. The number of thiophene rings is 1. The molecular formula is C20H26N2O3S. The standard InChI is InChI=1S/C20H26N2O3S/c1-2-25-17-7-5-16(6-8-17)14-20(24)22-11-9-21(10-12-22)15-18(23)19-4-3-13-26-19/h3-8,13,18,23H,2,9-12,14-15H2,1H3. The van der Waals surface area contributed by atoms with Crippen molar-refractivity contribution in [3.05, 3.63) is 52.2 Å². The number of hydrogen-bond donors (Lipinski definition) is 1. The van der Waals surface area contributed by atoms with Crippen molar-refractivity contribution in [2.24, 2.45) is 0 Å². The van der Waals surface area contributed by atoms with Gasteiger partial charge in [-0.05, 0) is 36.1 Å². The molecule has 0 spiro atoms. The molecule has 0 radical (unpaired) electrons. The second kappa shape index (κ2) is 9.16. The van der Waals surface area contributed by atoms with Crippen LogP contribution in [0.3, 0.4) is 0 Å². The molecule has 0 bridgehead atoms. The molecule has 1 aromatic heterocycles. The summed E-state index contributed by atoms with van der Waals surface area (Å²) >= 11 is 1.58. The average Bonchev–Trinajstić information content (AvgIpc) is 3.19. The van der Waals surface area contributed by atoms with Crippen LogP contribution < -0.4 is 4.74 Å². The molecule has 1 saturated heterocycles. The molecule has 26 heavy (non-hydrogen) atoms. The highest BCUT2D eigenvalue weighted by atomic mass is 32.1. The van der Waals surface area contributed by atoms with Crippen molar-refractivity contribution >= 4 is 17.2 Å². The van der Waals surface area contributed by atoms with E-state index < -0.39 is 6.10 Å². The van der Waals surface area contributed by atoms with Crippen molar-refractivity contribution in [1.29, 1.82) is 0 Å². The number of β-amino-alcohol motifs (C(OH)–C–C–N with tert-alkyl or cyclic N) is 1. The number of hydrogen-bond acceptors (Lipinski definition) is 5. The van der Waals surface area contributed by atoms with Crippen LogP contribution in [0.2, 0.25) is 0 Å². The first kappa shape index (κ1) is 18.9. The number of carbonyl (C=O) groups excluding carboxylic acids is 1. The number of rotatable bonds is 7. The van der Waals surface area contributed by atoms with Crippen LogP contribution in [0.25, 0.3) is 0 Å². The first-order valence-electron chi connectivity index (χ1n) is 9.09. The van der Waals surface area contributed by atoms with Gasteiger partial charge < -0.3 is 14.7 Å². The molecule has 140 valence electrons. The lowest BCUT2D eigenvalue weighted by atomic mass is 10.1. The quantitative estimate of drug-likeness (QED) is 0.809. The Hall–Kier alpha value is -1.89. The van der Waals surface area contributed by atoms with Gasteiger partial charge in [-0.15, -0.1) is 11.3 Å². The van der Waals surface area contributed by atoms with E-state index in [1.165, 1.54) is 0 Å². The molecule has 1 unspecified atom stereocenters. The molecule has 2 heterocycles. The van der Waals surface area contributed by atoms with E-state index in [1.807, 2.05) is 53.6 Å². The van der Waals surface area contributed by atoms with Crippen LogP contribution in [-0.4, -0.2) is 60.1 Å². The first-order valence-corrected chi connectivity index (χ1v) is 9.97. The number of carbonyl (C=O) groups is 1. The highest BCUT2D eigenvalue weighted by molar-refractivity contribution is 7.10. The molecule has 1 aliphatic heterocycles. The van der Waals surface area contributed by atoms with Crippen molar-refractivity contribution < 1.29 is 14.6 Å². The van der Waals surface area contributed by atoms with Gasteiger partial charge in [0.15, 0.2) is 0 Å². The Balaban J connectivity index is 1.44.